The van der Waals surface area contributed by atoms with E-state index in [4.69, 9.17) is 0 Å². The maximum Gasteiger partial charge on any atom is 0.0570 e. The molecule has 1 N–H and O–H groups in total. The Hall–Kier alpha value is -1.67. The second kappa shape index (κ2) is 4.91. The number of nitrogens with one attached hydrogen (secondary N) is 1. The van der Waals surface area contributed by atoms with Gasteiger partial charge in [-0.05, 0) is 43.0 Å². The van der Waals surface area contributed by atoms with Crippen molar-refractivity contribution in [3.8, 4) is 0 Å². The number of benzene rings is 1. The zero-order valence-electron chi connectivity index (χ0n) is 10.6. The molecule has 0 unspecified atom stereocenters. The van der Waals surface area contributed by atoms with Gasteiger partial charge in [-0.3, -0.25) is 4.98 Å². The summed E-state index contributed by atoms with van der Waals surface area (Å²) in [6, 6.07) is 15.7. The minimum absolute atomic E-state index is 0.311. The molecule has 92 valence electrons. The van der Waals surface area contributed by atoms with Crippen molar-refractivity contribution in [2.45, 2.75) is 31.8 Å². The fraction of sp³-hybridized carbons (Fsp3) is 0.312. The lowest BCUT2D eigenvalue weighted by Gasteiger charge is -2.18. The van der Waals surface area contributed by atoms with Crippen LogP contribution in [0.15, 0.2) is 48.7 Å². The quantitative estimate of drug-likeness (QED) is 0.889. The molecule has 1 aromatic carbocycles. The largest absolute Gasteiger partial charge is 0.305 e. The van der Waals surface area contributed by atoms with Crippen molar-refractivity contribution >= 4 is 0 Å². The van der Waals surface area contributed by atoms with E-state index in [2.05, 4.69) is 47.6 Å². The standard InChI is InChI=1S/C16H18N2/c1-12(16-8-4-5-9-17-16)18-15-10-13-6-2-3-7-14(13)11-15/h2-9,12,15,18H,10-11H2,1H3/t12-/m0/s1. The summed E-state index contributed by atoms with van der Waals surface area (Å²) in [5, 5.41) is 3.68. The molecule has 0 bridgehead atoms. The van der Waals surface area contributed by atoms with Crippen molar-refractivity contribution < 1.29 is 0 Å². The van der Waals surface area contributed by atoms with E-state index in [-0.39, 0.29) is 0 Å². The van der Waals surface area contributed by atoms with E-state index in [0.717, 1.165) is 18.5 Å². The van der Waals surface area contributed by atoms with E-state index >= 15 is 0 Å². The van der Waals surface area contributed by atoms with Crippen LogP contribution in [-0.2, 0) is 12.8 Å². The Balaban J connectivity index is 1.66. The third kappa shape index (κ3) is 2.29. The van der Waals surface area contributed by atoms with Gasteiger partial charge in [0.2, 0.25) is 0 Å². The van der Waals surface area contributed by atoms with Crippen LogP contribution in [0.5, 0.6) is 0 Å². The average Bonchev–Trinajstić information content (AvgIpc) is 2.82. The highest BCUT2D eigenvalue weighted by atomic mass is 15.0. The predicted octanol–water partition coefficient (Wildman–Crippen LogP) is 2.90. The van der Waals surface area contributed by atoms with Crippen LogP contribution < -0.4 is 5.32 Å². The molecule has 1 aliphatic rings. The maximum absolute atomic E-state index is 4.41. The van der Waals surface area contributed by atoms with Gasteiger partial charge < -0.3 is 5.32 Å². The minimum atomic E-state index is 0.311. The van der Waals surface area contributed by atoms with Gasteiger partial charge in [-0.2, -0.15) is 0 Å². The van der Waals surface area contributed by atoms with Crippen molar-refractivity contribution in [1.29, 1.82) is 0 Å². The van der Waals surface area contributed by atoms with Gasteiger partial charge in [-0.1, -0.05) is 30.3 Å². The number of pyridine rings is 1. The third-order valence-corrected chi connectivity index (χ3v) is 3.67. The second-order valence-electron chi connectivity index (χ2n) is 5.02. The number of rotatable bonds is 3. The van der Waals surface area contributed by atoms with Crippen molar-refractivity contribution in [1.82, 2.24) is 10.3 Å². The Morgan fingerprint density at radius 1 is 1.06 bits per heavy atom. The molecular weight excluding hydrogens is 220 g/mol. The molecule has 0 saturated heterocycles. The Morgan fingerprint density at radius 3 is 2.33 bits per heavy atom. The summed E-state index contributed by atoms with van der Waals surface area (Å²) >= 11 is 0. The van der Waals surface area contributed by atoms with Gasteiger partial charge in [0.05, 0.1) is 5.69 Å². The Morgan fingerprint density at radius 2 is 1.72 bits per heavy atom. The van der Waals surface area contributed by atoms with Gasteiger partial charge >= 0.3 is 0 Å². The van der Waals surface area contributed by atoms with Crippen LogP contribution in [0.2, 0.25) is 0 Å². The van der Waals surface area contributed by atoms with Crippen LogP contribution in [0.3, 0.4) is 0 Å². The highest BCUT2D eigenvalue weighted by molar-refractivity contribution is 5.33. The van der Waals surface area contributed by atoms with Crippen LogP contribution in [-0.4, -0.2) is 11.0 Å². The number of hydrogen-bond acceptors (Lipinski definition) is 2. The molecule has 3 rings (SSSR count). The highest BCUT2D eigenvalue weighted by Crippen LogP contribution is 2.23. The number of hydrogen-bond donors (Lipinski definition) is 1. The molecule has 1 aromatic heterocycles. The van der Waals surface area contributed by atoms with E-state index < -0.39 is 0 Å². The lowest BCUT2D eigenvalue weighted by molar-refractivity contribution is 0.461. The first-order chi connectivity index (χ1) is 8.83. The van der Waals surface area contributed by atoms with Gasteiger partial charge in [0.1, 0.15) is 0 Å². The summed E-state index contributed by atoms with van der Waals surface area (Å²) in [6.07, 6.45) is 4.12. The zero-order chi connectivity index (χ0) is 12.4. The molecule has 1 heterocycles. The first-order valence-electron chi connectivity index (χ1n) is 6.56. The smallest absolute Gasteiger partial charge is 0.0570 e. The molecule has 0 fully saturated rings. The van der Waals surface area contributed by atoms with Crippen LogP contribution >= 0.6 is 0 Å². The van der Waals surface area contributed by atoms with Crippen LogP contribution in [0, 0.1) is 0 Å². The summed E-state index contributed by atoms with van der Waals surface area (Å²) < 4.78 is 0. The molecule has 1 atom stereocenters. The third-order valence-electron chi connectivity index (χ3n) is 3.67. The SMILES string of the molecule is C[C@H](NC1Cc2ccccc2C1)c1ccccn1. The normalized spacial score (nSPS) is 16.5. The summed E-state index contributed by atoms with van der Waals surface area (Å²) in [5.41, 5.74) is 4.10. The zero-order valence-corrected chi connectivity index (χ0v) is 10.6. The van der Waals surface area contributed by atoms with Gasteiger partial charge in [-0.15, -0.1) is 0 Å². The first kappa shape index (κ1) is 11.4. The molecule has 0 aliphatic heterocycles. The lowest BCUT2D eigenvalue weighted by atomic mass is 10.1. The van der Waals surface area contributed by atoms with Crippen molar-refractivity contribution in [2.24, 2.45) is 0 Å². The van der Waals surface area contributed by atoms with Gasteiger partial charge in [-0.25, -0.2) is 0 Å². The second-order valence-corrected chi connectivity index (χ2v) is 5.02. The van der Waals surface area contributed by atoms with E-state index in [0.29, 0.717) is 12.1 Å². The minimum Gasteiger partial charge on any atom is -0.305 e. The van der Waals surface area contributed by atoms with Gasteiger partial charge in [0, 0.05) is 18.3 Å². The highest BCUT2D eigenvalue weighted by Gasteiger charge is 2.22. The monoisotopic (exact) mass is 238 g/mol. The topological polar surface area (TPSA) is 24.9 Å². The molecule has 18 heavy (non-hydrogen) atoms. The molecule has 0 radical (unpaired) electrons. The van der Waals surface area contributed by atoms with Crippen LogP contribution in [0.4, 0.5) is 0 Å². The number of fused-ring (bicyclic) bond motifs is 1. The predicted molar refractivity (Wildman–Crippen MR) is 73.4 cm³/mol. The van der Waals surface area contributed by atoms with E-state index in [1.165, 1.54) is 11.1 Å². The van der Waals surface area contributed by atoms with E-state index in [9.17, 15) is 0 Å². The van der Waals surface area contributed by atoms with Crippen molar-refractivity contribution in [3.63, 3.8) is 0 Å². The Bertz CT molecular complexity index is 497. The van der Waals surface area contributed by atoms with Crippen molar-refractivity contribution in [3.05, 3.63) is 65.5 Å². The molecule has 2 heteroatoms. The van der Waals surface area contributed by atoms with Crippen molar-refractivity contribution in [2.75, 3.05) is 0 Å². The average molecular weight is 238 g/mol. The molecule has 2 aromatic rings. The van der Waals surface area contributed by atoms with Crippen LogP contribution in [0.25, 0.3) is 0 Å². The van der Waals surface area contributed by atoms with Gasteiger partial charge in [0.25, 0.3) is 0 Å². The lowest BCUT2D eigenvalue weighted by Crippen LogP contribution is -2.32. The number of nitrogens with zero attached hydrogens (tertiary/aromatic N) is 1. The summed E-state index contributed by atoms with van der Waals surface area (Å²) in [5.74, 6) is 0. The molecular formula is C16H18N2. The van der Waals surface area contributed by atoms with Crippen LogP contribution in [0.1, 0.15) is 29.8 Å². The fourth-order valence-electron chi connectivity index (χ4n) is 2.75. The molecule has 0 saturated carbocycles. The maximum atomic E-state index is 4.41. The van der Waals surface area contributed by atoms with E-state index in [1.807, 2.05) is 18.3 Å². The number of aromatic nitrogens is 1. The Labute approximate surface area is 108 Å². The van der Waals surface area contributed by atoms with E-state index in [1.54, 1.807) is 0 Å². The Kier molecular flexibility index (Phi) is 3.11. The summed E-state index contributed by atoms with van der Waals surface area (Å²) in [6.45, 7) is 2.19. The fourth-order valence-corrected chi connectivity index (χ4v) is 2.75. The summed E-state index contributed by atoms with van der Waals surface area (Å²) in [4.78, 5) is 4.41. The van der Waals surface area contributed by atoms with Gasteiger partial charge in [0.15, 0.2) is 0 Å². The molecule has 2 nitrogen and oxygen atoms in total. The molecule has 1 aliphatic carbocycles. The summed E-state index contributed by atoms with van der Waals surface area (Å²) in [7, 11) is 0. The molecule has 0 spiro atoms. The molecule has 0 amide bonds. The first-order valence-corrected chi connectivity index (χ1v) is 6.56.